The molecule has 13 unspecified atom stereocenters. The van der Waals surface area contributed by atoms with Crippen molar-refractivity contribution in [3.63, 3.8) is 0 Å². The first kappa shape index (κ1) is 43.3. The number of carbonyl (C=O) groups excluding carboxylic acids is 5. The molecule has 5 fully saturated rings. The Morgan fingerprint density at radius 1 is 0.407 bits per heavy atom. The van der Waals surface area contributed by atoms with E-state index < -0.39 is 260 Å². The van der Waals surface area contributed by atoms with Gasteiger partial charge in [0.2, 0.25) is 0 Å². The quantitative estimate of drug-likeness (QED) is 0.0598. The molecule has 0 saturated carbocycles. The Kier molecular flexibility index (Phi) is 15.3. The van der Waals surface area contributed by atoms with Crippen LogP contribution in [0.1, 0.15) is 312 Å². The number of methoxy groups -OCH3 is 10. The van der Waals surface area contributed by atoms with Crippen LogP contribution in [0, 0.1) is 59.0 Å². The topological polar surface area (TPSA) is 194 Å². The van der Waals surface area contributed by atoms with Gasteiger partial charge in [0.1, 0.15) is 28.9 Å². The summed E-state index contributed by atoms with van der Waals surface area (Å²) in [7, 11) is -3.35. The zero-order chi connectivity index (χ0) is 132. The highest BCUT2D eigenvalue weighted by Crippen LogP contribution is 2.49. The van der Waals surface area contributed by atoms with Crippen molar-refractivity contribution in [3.05, 3.63) is 116 Å². The summed E-state index contributed by atoms with van der Waals surface area (Å²) < 4.78 is 493. The predicted octanol–water partition coefficient (Wildman–Crippen LogP) is 17.4. The summed E-state index contributed by atoms with van der Waals surface area (Å²) in [6, 6.07) is 3.57. The maximum Gasteiger partial charge on any atom is 0.161 e. The average molecular weight is 1680 g/mol. The molecule has 0 radical (unpaired) electrons. The third kappa shape index (κ3) is 21.0. The molecule has 20 nitrogen and oxygen atoms in total. The maximum absolute atomic E-state index is 14.1. The fourth-order valence-electron chi connectivity index (χ4n) is 16.1. The van der Waals surface area contributed by atoms with Gasteiger partial charge in [0.05, 0.1) is 91.4 Å². The van der Waals surface area contributed by atoms with E-state index in [0.29, 0.717) is 80.3 Å². The highest BCUT2D eigenvalue weighted by Gasteiger charge is 2.45. The van der Waals surface area contributed by atoms with Gasteiger partial charge in [-0.05, 0) is 210 Å². The average Bonchev–Trinajstić information content (AvgIpc) is 0.632. The van der Waals surface area contributed by atoms with E-state index in [4.69, 9.17) is 120 Å². The molecule has 5 aromatic rings. The number of hydrogen-bond acceptors (Lipinski definition) is 20. The third-order valence-electron chi connectivity index (χ3n) is 21.9. The van der Waals surface area contributed by atoms with E-state index in [2.05, 4.69) is 18.7 Å². The zero-order valence-corrected chi connectivity index (χ0v) is 68.4. The van der Waals surface area contributed by atoms with Crippen molar-refractivity contribution in [2.45, 2.75) is 214 Å². The van der Waals surface area contributed by atoms with Crippen molar-refractivity contribution in [2.75, 3.05) is 136 Å². The van der Waals surface area contributed by atoms with Crippen LogP contribution >= 0.6 is 0 Å². The van der Waals surface area contributed by atoms with Crippen LogP contribution in [-0.2, 0) is 56.0 Å². The summed E-state index contributed by atoms with van der Waals surface area (Å²) in [4.78, 5) is 73.3. The van der Waals surface area contributed by atoms with Crippen LogP contribution in [0.4, 0.5) is 0 Å². The molecule has 0 bridgehead atoms. The smallest absolute Gasteiger partial charge is 0.161 e. The largest absolute Gasteiger partial charge is 0.493 e. The van der Waals surface area contributed by atoms with Gasteiger partial charge >= 0.3 is 0 Å². The van der Waals surface area contributed by atoms with Crippen molar-refractivity contribution < 1.29 is 145 Å². The SMILES string of the molecule is [2H]C([2H])([2H])Oc1cc2c(cc1OC)CCN1CC(C([2H])([2H])C([2H])(C([2H])([2H])[2H])C([2H])([2H])C)C(=O)CC21.[2H]C([2H])([2H])Oc1cc2c(cc1OC)CCN1CC(CC(C)C)C(=O)CC21.[2H]C([2H])([2H])Oc1cc2c(cc1OC)CCN1CC([2H])(C([2H])([2H])C([2H])(C([2H])([2H])[2H])C([2H])([2H])C)C(=O)C([2H])([2H])C21.[2H]C([2H])([2H])Oc1cc2c(cc1OC)CCN1CC([2H])(CC(C)C)C(=O)C([2H])([2H])C21.[2H]c1c(OC)c(OC)c([2H])c2c1C([2H])([2H])C([2H])([2H])N1C([2H])([2H])C([2H])(C([2H])([2H])C([2H])(C([2H])([2H])[2H])C([2H])([2H])C)C(=O)C([2H])([2H])C21[2H]. The molecule has 20 heteroatoms. The Hall–Kier alpha value is -7.75. The summed E-state index contributed by atoms with van der Waals surface area (Å²) in [5, 5.41) is 0. The first-order chi connectivity index (χ1) is 77.3. The van der Waals surface area contributed by atoms with E-state index in [1.807, 2.05) is 24.8 Å². The lowest BCUT2D eigenvalue weighted by Crippen LogP contribution is -2.46. The van der Waals surface area contributed by atoms with Crippen LogP contribution in [0.25, 0.3) is 0 Å². The lowest BCUT2D eigenvalue weighted by Gasteiger charge is -2.43. The van der Waals surface area contributed by atoms with Crippen molar-refractivity contribution >= 4 is 28.9 Å². The Balaban J connectivity index is 0.000000203. The van der Waals surface area contributed by atoms with Gasteiger partial charge in [0.15, 0.2) is 57.5 Å². The molecule has 0 aliphatic carbocycles. The fraction of sp³-hybridized carbons (Fsp3) is 0.643. The van der Waals surface area contributed by atoms with Crippen molar-refractivity contribution in [1.29, 1.82) is 0 Å². The van der Waals surface area contributed by atoms with E-state index in [1.165, 1.54) is 57.6 Å². The lowest BCUT2D eigenvalue weighted by molar-refractivity contribution is -0.130. The molecule has 0 amide bonds. The number of rotatable bonds is 23. The maximum atomic E-state index is 14.1. The number of ketones is 5. The normalized spacial score (nSPS) is 38.8. The van der Waals surface area contributed by atoms with E-state index in [1.54, 1.807) is 23.1 Å². The molecular weight excluding hydrogens is 1490 g/mol. The number of carbonyl (C=O) groups is 5. The van der Waals surface area contributed by atoms with Gasteiger partial charge in [-0.25, -0.2) is 0 Å². The third-order valence-corrected chi connectivity index (χ3v) is 21.9. The predicted molar refractivity (Wildman–Crippen MR) is 465 cm³/mol. The van der Waals surface area contributed by atoms with Crippen molar-refractivity contribution in [1.82, 2.24) is 24.5 Å². The van der Waals surface area contributed by atoms with Gasteiger partial charge in [0.25, 0.3) is 0 Å². The number of hydrogen-bond donors (Lipinski definition) is 0. The Morgan fingerprint density at radius 2 is 0.771 bits per heavy atom. The lowest BCUT2D eigenvalue weighted by atomic mass is 9.79. The minimum absolute atomic E-state index is 0.000445. The van der Waals surface area contributed by atoms with Crippen LogP contribution < -0.4 is 47.4 Å². The second kappa shape index (κ2) is 41.7. The molecule has 0 spiro atoms. The molecule has 15 rings (SSSR count). The van der Waals surface area contributed by atoms with Crippen LogP contribution in [0.15, 0.2) is 60.6 Å². The van der Waals surface area contributed by atoms with Crippen LogP contribution in [0.2, 0.25) is 0 Å². The number of nitrogens with zero attached hydrogens (tertiary/aromatic N) is 5. The molecule has 10 aliphatic rings. The van der Waals surface area contributed by atoms with Gasteiger partial charge in [-0.1, -0.05) is 88.1 Å². The zero-order valence-electron chi connectivity index (χ0n) is 122. The first-order valence-electron chi connectivity index (χ1n) is 65.6. The minimum atomic E-state index is -4.60. The monoisotopic (exact) mass is 1680 g/mol. The van der Waals surface area contributed by atoms with Gasteiger partial charge in [-0.3, -0.25) is 48.5 Å². The number of ether oxygens (including phenoxy) is 10. The molecule has 648 valence electrons. The van der Waals surface area contributed by atoms with Crippen LogP contribution in [0.3, 0.4) is 0 Å². The van der Waals surface area contributed by atoms with Crippen molar-refractivity contribution in [3.8, 4) is 57.5 Å². The summed E-state index contributed by atoms with van der Waals surface area (Å²) in [6.45, 7) is -7.86. The molecule has 5 aromatic carbocycles. The van der Waals surface area contributed by atoms with Crippen molar-refractivity contribution in [2.24, 2.45) is 59.0 Å². The summed E-state index contributed by atoms with van der Waals surface area (Å²) in [6.07, 6.45) is -30.3. The second-order valence-electron chi connectivity index (χ2n) is 30.0. The number of piperidine rings is 5. The van der Waals surface area contributed by atoms with Gasteiger partial charge in [0, 0.05) is 210 Å². The Morgan fingerprint density at radius 3 is 1.19 bits per heavy atom. The number of fused-ring (bicyclic) bond motifs is 15. The highest BCUT2D eigenvalue weighted by molar-refractivity contribution is 5.86. The van der Waals surface area contributed by atoms with E-state index in [0.717, 1.165) is 69.3 Å². The van der Waals surface area contributed by atoms with Gasteiger partial charge in [-0.2, -0.15) is 0 Å². The molecule has 10 aliphatic heterocycles. The van der Waals surface area contributed by atoms with Crippen LogP contribution in [-0.4, -0.2) is 190 Å². The Bertz CT molecular complexity index is 6770. The van der Waals surface area contributed by atoms with Crippen LogP contribution in [0.5, 0.6) is 57.5 Å². The van der Waals surface area contributed by atoms with Gasteiger partial charge in [-0.15, -0.1) is 0 Å². The summed E-state index contributed by atoms with van der Waals surface area (Å²) in [5.41, 5.74) is 2.98. The molecule has 10 heterocycles. The van der Waals surface area contributed by atoms with E-state index in [9.17, 15) is 25.3 Å². The fourth-order valence-corrected chi connectivity index (χ4v) is 16.1. The number of benzene rings is 5. The standard InChI is InChI=1S/3C20H29NO3.2C19H27NO3/c3*1-5-13(2)8-15-12-21-7-6-14-9-19(23-3)20(24-4)10-16(14)17(21)11-18(15)22;2*1-12(2)7-14-11-20-6-5-13-8-18(22-3)19(23-4)9-15(13)16(20)10-17(14)21/h3*9-10,13,15,17H,5-8,11-12H2,1-4H3;2*8-9,12,14,16H,5-7,10-11H2,1-4H3/i2D3,5D2,6D2,7D2,8D2,9D,10D,11D2,12D2,13D,15D,17D;2D3,4D3,5D2,8D2,11D2,13D,15D;2D3,4D3,5D2,8D2,13D;4D3,10D2,14D;4D3. The molecular formula is C98H141N5O15. The highest BCUT2D eigenvalue weighted by atomic mass is 16.5. The molecule has 0 N–H and O–H groups in total. The molecule has 5 saturated heterocycles. The minimum Gasteiger partial charge on any atom is -0.493 e. The molecule has 118 heavy (non-hydrogen) atoms. The second-order valence-corrected chi connectivity index (χ2v) is 30.0. The van der Waals surface area contributed by atoms with E-state index >= 15 is 0 Å². The summed E-state index contributed by atoms with van der Waals surface area (Å²) >= 11 is 0. The van der Waals surface area contributed by atoms with Gasteiger partial charge < -0.3 is 47.4 Å². The number of Topliss-reactive ketones (excluding diaryl/α,β-unsaturated/α-hetero) is 5. The molecule has 0 aromatic heterocycles. The summed E-state index contributed by atoms with van der Waals surface area (Å²) in [5.74, 6) is -26.9. The Labute approximate surface area is 781 Å². The molecule has 13 atom stereocenters. The van der Waals surface area contributed by atoms with E-state index in [-0.39, 0.29) is 103 Å². The first-order valence-corrected chi connectivity index (χ1v) is 38.6.